The first-order chi connectivity index (χ1) is 12.8. The Bertz CT molecular complexity index is 876. The van der Waals surface area contributed by atoms with Crippen LogP contribution in [-0.2, 0) is 14.3 Å². The maximum atomic E-state index is 13.3. The third kappa shape index (κ3) is 6.03. The second-order valence-electron chi connectivity index (χ2n) is 5.29. The van der Waals surface area contributed by atoms with E-state index < -0.39 is 41.0 Å². The highest BCUT2D eigenvalue weighted by Gasteiger charge is 2.20. The predicted octanol–water partition coefficient (Wildman–Crippen LogP) is 3.45. The van der Waals surface area contributed by atoms with Crippen molar-refractivity contribution in [3.8, 4) is 5.75 Å². The summed E-state index contributed by atoms with van der Waals surface area (Å²) in [5, 5.41) is 13.0. The second kappa shape index (κ2) is 9.08. The molecule has 1 N–H and O–H groups in total. The molecular formula is C17H14BrFN2O6. The van der Waals surface area contributed by atoms with Crippen LogP contribution < -0.4 is 10.1 Å². The minimum Gasteiger partial charge on any atom is -0.482 e. The van der Waals surface area contributed by atoms with Gasteiger partial charge in [0.25, 0.3) is 5.91 Å². The summed E-state index contributed by atoms with van der Waals surface area (Å²) in [5.41, 5.74) is -0.777. The molecule has 0 heterocycles. The Morgan fingerprint density at radius 3 is 2.70 bits per heavy atom. The number of amides is 1. The van der Waals surface area contributed by atoms with Gasteiger partial charge in [-0.15, -0.1) is 0 Å². The molecular weight excluding hydrogens is 427 g/mol. The zero-order valence-electron chi connectivity index (χ0n) is 14.0. The monoisotopic (exact) mass is 440 g/mol. The van der Waals surface area contributed by atoms with Gasteiger partial charge in [0.15, 0.2) is 12.7 Å². The minimum atomic E-state index is -1.19. The lowest BCUT2D eigenvalue weighted by atomic mass is 10.2. The molecule has 2 rings (SSSR count). The molecule has 0 aromatic heterocycles. The van der Waals surface area contributed by atoms with E-state index in [1.54, 1.807) is 24.3 Å². The first-order valence-electron chi connectivity index (χ1n) is 7.59. The lowest BCUT2D eigenvalue weighted by Gasteiger charge is -2.14. The van der Waals surface area contributed by atoms with Crippen molar-refractivity contribution >= 4 is 39.2 Å². The average Bonchev–Trinajstić information content (AvgIpc) is 2.61. The smallest absolute Gasteiger partial charge is 0.344 e. The average molecular weight is 441 g/mol. The van der Waals surface area contributed by atoms with E-state index in [1.807, 2.05) is 0 Å². The van der Waals surface area contributed by atoms with Gasteiger partial charge in [-0.05, 0) is 37.3 Å². The van der Waals surface area contributed by atoms with E-state index in [1.165, 1.54) is 6.92 Å². The normalized spacial score (nSPS) is 11.4. The number of carbonyl (C=O) groups is 2. The van der Waals surface area contributed by atoms with Crippen molar-refractivity contribution in [3.63, 3.8) is 0 Å². The third-order valence-corrected chi connectivity index (χ3v) is 3.73. The van der Waals surface area contributed by atoms with Crippen LogP contribution in [0.2, 0.25) is 0 Å². The van der Waals surface area contributed by atoms with Crippen molar-refractivity contribution < 1.29 is 28.4 Å². The van der Waals surface area contributed by atoms with Gasteiger partial charge in [0, 0.05) is 16.2 Å². The summed E-state index contributed by atoms with van der Waals surface area (Å²) in [5.74, 6) is -2.09. The number of halogens is 2. The van der Waals surface area contributed by atoms with Crippen LogP contribution in [0.25, 0.3) is 0 Å². The molecule has 2 aromatic rings. The summed E-state index contributed by atoms with van der Waals surface area (Å²) in [6, 6.07) is 9.71. The number of esters is 1. The fraction of sp³-hybridized carbons (Fsp3) is 0.176. The van der Waals surface area contributed by atoms with Crippen LogP contribution in [-0.4, -0.2) is 29.5 Å². The first-order valence-corrected chi connectivity index (χ1v) is 8.38. The van der Waals surface area contributed by atoms with Crippen LogP contribution in [0.4, 0.5) is 15.8 Å². The number of hydrogen-bond acceptors (Lipinski definition) is 6. The van der Waals surface area contributed by atoms with Gasteiger partial charge in [-0.1, -0.05) is 22.0 Å². The maximum Gasteiger partial charge on any atom is 0.344 e. The summed E-state index contributed by atoms with van der Waals surface area (Å²) < 4.78 is 24.3. The fourth-order valence-electron chi connectivity index (χ4n) is 1.96. The zero-order valence-corrected chi connectivity index (χ0v) is 15.6. The van der Waals surface area contributed by atoms with E-state index in [9.17, 15) is 24.1 Å². The van der Waals surface area contributed by atoms with Gasteiger partial charge in [0.2, 0.25) is 5.82 Å². The lowest BCUT2D eigenvalue weighted by Crippen LogP contribution is -2.31. The van der Waals surface area contributed by atoms with Crippen LogP contribution >= 0.6 is 15.9 Å². The molecule has 0 saturated heterocycles. The highest BCUT2D eigenvalue weighted by atomic mass is 79.9. The van der Waals surface area contributed by atoms with Gasteiger partial charge in [-0.3, -0.25) is 14.9 Å². The second-order valence-corrected chi connectivity index (χ2v) is 6.21. The van der Waals surface area contributed by atoms with Gasteiger partial charge >= 0.3 is 11.7 Å². The van der Waals surface area contributed by atoms with Crippen molar-refractivity contribution in [2.45, 2.75) is 13.0 Å². The van der Waals surface area contributed by atoms with E-state index in [4.69, 9.17) is 9.47 Å². The molecule has 27 heavy (non-hydrogen) atoms. The quantitative estimate of drug-likeness (QED) is 0.401. The molecule has 8 nitrogen and oxygen atoms in total. The van der Waals surface area contributed by atoms with Gasteiger partial charge in [0.1, 0.15) is 5.75 Å². The predicted molar refractivity (Wildman–Crippen MR) is 96.9 cm³/mol. The van der Waals surface area contributed by atoms with Crippen LogP contribution in [0, 0.1) is 15.9 Å². The highest BCUT2D eigenvalue weighted by molar-refractivity contribution is 9.10. The molecule has 1 amide bonds. The molecule has 10 heteroatoms. The third-order valence-electron chi connectivity index (χ3n) is 3.24. The molecule has 0 aliphatic carbocycles. The molecule has 0 saturated carbocycles. The number of ether oxygens (including phenoxy) is 2. The van der Waals surface area contributed by atoms with Crippen molar-refractivity contribution in [1.82, 2.24) is 0 Å². The first kappa shape index (κ1) is 20.3. The summed E-state index contributed by atoms with van der Waals surface area (Å²) in [4.78, 5) is 33.6. The number of nitro benzene ring substituents is 1. The van der Waals surface area contributed by atoms with E-state index >= 15 is 0 Å². The van der Waals surface area contributed by atoms with Crippen molar-refractivity contribution in [3.05, 3.63) is 62.9 Å². The summed E-state index contributed by atoms with van der Waals surface area (Å²) in [7, 11) is 0. The standard InChI is InChI=1S/C17H14BrFN2O6/c1-10(27-16(22)9-26-13-4-2-3-11(18)7-13)17(23)20-12-5-6-14(19)15(8-12)21(24)25/h2-8,10H,9H2,1H3,(H,20,23). The summed E-state index contributed by atoms with van der Waals surface area (Å²) in [6.07, 6.45) is -1.19. The highest BCUT2D eigenvalue weighted by Crippen LogP contribution is 2.22. The number of nitro groups is 1. The van der Waals surface area contributed by atoms with E-state index in [2.05, 4.69) is 21.2 Å². The molecule has 0 fully saturated rings. The number of nitrogens with zero attached hydrogens (tertiary/aromatic N) is 1. The molecule has 1 atom stereocenters. The molecule has 0 radical (unpaired) electrons. The molecule has 2 aromatic carbocycles. The Morgan fingerprint density at radius 1 is 1.30 bits per heavy atom. The number of rotatable bonds is 7. The number of anilines is 1. The van der Waals surface area contributed by atoms with Crippen molar-refractivity contribution in [2.75, 3.05) is 11.9 Å². The van der Waals surface area contributed by atoms with E-state index in [0.717, 1.165) is 22.7 Å². The molecule has 142 valence electrons. The van der Waals surface area contributed by atoms with Gasteiger partial charge in [0.05, 0.1) is 4.92 Å². The Morgan fingerprint density at radius 2 is 2.04 bits per heavy atom. The Labute approximate surface area is 161 Å². The topological polar surface area (TPSA) is 108 Å². The molecule has 1 unspecified atom stereocenters. The Balaban J connectivity index is 1.88. The fourth-order valence-corrected chi connectivity index (χ4v) is 2.34. The van der Waals surface area contributed by atoms with E-state index in [0.29, 0.717) is 5.75 Å². The molecule has 0 spiro atoms. The molecule has 0 aliphatic heterocycles. The van der Waals surface area contributed by atoms with E-state index in [-0.39, 0.29) is 5.69 Å². The van der Waals surface area contributed by atoms with Crippen LogP contribution in [0.3, 0.4) is 0 Å². The summed E-state index contributed by atoms with van der Waals surface area (Å²) in [6.45, 7) is 0.917. The number of hydrogen-bond donors (Lipinski definition) is 1. The van der Waals surface area contributed by atoms with Crippen molar-refractivity contribution in [2.24, 2.45) is 0 Å². The minimum absolute atomic E-state index is 0.00128. The number of carbonyl (C=O) groups excluding carboxylic acids is 2. The van der Waals surface area contributed by atoms with Crippen LogP contribution in [0.1, 0.15) is 6.92 Å². The van der Waals surface area contributed by atoms with Gasteiger partial charge < -0.3 is 14.8 Å². The molecule has 0 bridgehead atoms. The lowest BCUT2D eigenvalue weighted by molar-refractivity contribution is -0.387. The number of benzene rings is 2. The molecule has 0 aliphatic rings. The van der Waals surface area contributed by atoms with Crippen molar-refractivity contribution in [1.29, 1.82) is 0 Å². The van der Waals surface area contributed by atoms with Crippen LogP contribution in [0.15, 0.2) is 46.9 Å². The Hall–Kier alpha value is -3.01. The van der Waals surface area contributed by atoms with Crippen LogP contribution in [0.5, 0.6) is 5.75 Å². The zero-order chi connectivity index (χ0) is 20.0. The SMILES string of the molecule is CC(OC(=O)COc1cccc(Br)c1)C(=O)Nc1ccc(F)c([N+](=O)[O-])c1. The number of nitrogens with one attached hydrogen (secondary N) is 1. The largest absolute Gasteiger partial charge is 0.482 e. The van der Waals surface area contributed by atoms with Gasteiger partial charge in [-0.2, -0.15) is 4.39 Å². The summed E-state index contributed by atoms with van der Waals surface area (Å²) >= 11 is 3.26. The Kier molecular flexibility index (Phi) is 6.83. The maximum absolute atomic E-state index is 13.3. The van der Waals surface area contributed by atoms with Gasteiger partial charge in [-0.25, -0.2) is 4.79 Å².